The summed E-state index contributed by atoms with van der Waals surface area (Å²) in [6.07, 6.45) is 2.21. The van der Waals surface area contributed by atoms with E-state index in [-0.39, 0.29) is 0 Å². The Kier molecular flexibility index (Phi) is 6.39. The Morgan fingerprint density at radius 1 is 1.00 bits per heavy atom. The summed E-state index contributed by atoms with van der Waals surface area (Å²) in [5, 5.41) is 6.97. The Balaban J connectivity index is 1.66. The van der Waals surface area contributed by atoms with Gasteiger partial charge in [-0.1, -0.05) is 29.8 Å². The van der Waals surface area contributed by atoms with Gasteiger partial charge >= 0.3 is 0 Å². The molecule has 3 aromatic rings. The van der Waals surface area contributed by atoms with Crippen molar-refractivity contribution in [3.05, 3.63) is 59.4 Å². The zero-order chi connectivity index (χ0) is 19.9. The summed E-state index contributed by atoms with van der Waals surface area (Å²) in [6, 6.07) is 13.2. The van der Waals surface area contributed by atoms with Gasteiger partial charge in [-0.25, -0.2) is 9.97 Å². The predicted molar refractivity (Wildman–Crippen MR) is 113 cm³/mol. The number of ether oxygens (including phenoxy) is 2. The van der Waals surface area contributed by atoms with E-state index in [1.165, 1.54) is 6.33 Å². The molecule has 1 aromatic heterocycles. The van der Waals surface area contributed by atoms with Gasteiger partial charge in [0.2, 0.25) is 0 Å². The van der Waals surface area contributed by atoms with E-state index in [4.69, 9.17) is 26.8 Å². The number of para-hydroxylation sites is 1. The fourth-order valence-electron chi connectivity index (χ4n) is 2.69. The highest BCUT2D eigenvalue weighted by molar-refractivity contribution is 6.33. The number of halogens is 1. The smallest absolute Gasteiger partial charge is 0.160 e. The number of aromatic nitrogens is 2. The van der Waals surface area contributed by atoms with Crippen LogP contribution in [0.1, 0.15) is 5.56 Å². The Morgan fingerprint density at radius 3 is 2.50 bits per heavy atom. The van der Waals surface area contributed by atoms with E-state index in [0.29, 0.717) is 40.4 Å². The summed E-state index contributed by atoms with van der Waals surface area (Å²) in [4.78, 5) is 8.44. The van der Waals surface area contributed by atoms with Crippen LogP contribution in [0.15, 0.2) is 48.8 Å². The molecule has 0 bridgehead atoms. The van der Waals surface area contributed by atoms with Crippen molar-refractivity contribution >= 4 is 34.6 Å². The molecule has 3 rings (SSSR count). The minimum Gasteiger partial charge on any atom is -0.493 e. The molecule has 1 heterocycles. The molecule has 0 saturated carbocycles. The van der Waals surface area contributed by atoms with E-state index >= 15 is 0 Å². The van der Waals surface area contributed by atoms with Crippen molar-refractivity contribution in [2.45, 2.75) is 6.42 Å². The Hall–Kier alpha value is -3.19. The minimum atomic E-state index is 0.426. The highest BCUT2D eigenvalue weighted by atomic mass is 35.5. The third-order valence-corrected chi connectivity index (χ3v) is 4.49. The number of hydrogen-bond donors (Lipinski definition) is 3. The number of nitrogens with one attached hydrogen (secondary N) is 2. The molecule has 0 aliphatic rings. The van der Waals surface area contributed by atoms with Crippen LogP contribution in [0.4, 0.5) is 23.0 Å². The van der Waals surface area contributed by atoms with Gasteiger partial charge in [0.15, 0.2) is 23.1 Å². The first-order chi connectivity index (χ1) is 13.6. The summed E-state index contributed by atoms with van der Waals surface area (Å²) in [5.74, 6) is 2.46. The molecular weight excluding hydrogens is 378 g/mol. The summed E-state index contributed by atoms with van der Waals surface area (Å²) >= 11 is 6.18. The van der Waals surface area contributed by atoms with Crippen molar-refractivity contribution in [1.29, 1.82) is 0 Å². The fourth-order valence-corrected chi connectivity index (χ4v) is 2.87. The number of nitrogens with two attached hydrogens (primary N) is 1. The van der Waals surface area contributed by atoms with E-state index in [9.17, 15) is 0 Å². The molecule has 8 heteroatoms. The van der Waals surface area contributed by atoms with Crippen molar-refractivity contribution < 1.29 is 9.47 Å². The summed E-state index contributed by atoms with van der Waals surface area (Å²) in [6.45, 7) is 0.641. The second-order valence-corrected chi connectivity index (χ2v) is 6.36. The molecule has 0 fully saturated rings. The van der Waals surface area contributed by atoms with Crippen LogP contribution in [0.5, 0.6) is 11.5 Å². The zero-order valence-corrected chi connectivity index (χ0v) is 16.5. The molecule has 0 radical (unpaired) electrons. The number of methoxy groups -OCH3 is 2. The zero-order valence-electron chi connectivity index (χ0n) is 15.7. The monoisotopic (exact) mass is 399 g/mol. The van der Waals surface area contributed by atoms with Gasteiger partial charge < -0.3 is 25.8 Å². The highest BCUT2D eigenvalue weighted by Gasteiger charge is 2.10. The van der Waals surface area contributed by atoms with Crippen LogP contribution in [0.3, 0.4) is 0 Å². The molecule has 0 saturated heterocycles. The quantitative estimate of drug-likeness (QED) is 0.524. The van der Waals surface area contributed by atoms with Crippen LogP contribution in [0.2, 0.25) is 5.02 Å². The molecule has 7 nitrogen and oxygen atoms in total. The van der Waals surface area contributed by atoms with E-state index in [1.807, 2.05) is 36.4 Å². The third kappa shape index (κ3) is 4.55. The summed E-state index contributed by atoms with van der Waals surface area (Å²) < 4.78 is 10.6. The van der Waals surface area contributed by atoms with Crippen molar-refractivity contribution in [3.8, 4) is 11.5 Å². The van der Waals surface area contributed by atoms with Gasteiger partial charge in [-0.2, -0.15) is 0 Å². The van der Waals surface area contributed by atoms with Gasteiger partial charge in [0.25, 0.3) is 0 Å². The average Bonchev–Trinajstić information content (AvgIpc) is 2.72. The second kappa shape index (κ2) is 9.14. The van der Waals surface area contributed by atoms with Gasteiger partial charge in [-0.05, 0) is 36.2 Å². The number of rotatable bonds is 8. The lowest BCUT2D eigenvalue weighted by molar-refractivity contribution is 0.354. The van der Waals surface area contributed by atoms with Crippen molar-refractivity contribution in [2.75, 3.05) is 37.1 Å². The first-order valence-corrected chi connectivity index (χ1v) is 9.07. The minimum absolute atomic E-state index is 0.426. The lowest BCUT2D eigenvalue weighted by Gasteiger charge is -2.14. The topological polar surface area (TPSA) is 94.3 Å². The maximum atomic E-state index is 6.21. The molecule has 0 atom stereocenters. The Bertz CT molecular complexity index is 952. The Labute approximate surface area is 168 Å². The normalized spacial score (nSPS) is 10.4. The van der Waals surface area contributed by atoms with E-state index in [2.05, 4.69) is 20.6 Å². The van der Waals surface area contributed by atoms with Gasteiger partial charge in [0, 0.05) is 6.54 Å². The van der Waals surface area contributed by atoms with Crippen LogP contribution in [0.25, 0.3) is 0 Å². The maximum Gasteiger partial charge on any atom is 0.160 e. The van der Waals surface area contributed by atoms with Crippen LogP contribution < -0.4 is 25.8 Å². The molecule has 0 aliphatic carbocycles. The average molecular weight is 400 g/mol. The van der Waals surface area contributed by atoms with Gasteiger partial charge in [-0.15, -0.1) is 0 Å². The van der Waals surface area contributed by atoms with Crippen molar-refractivity contribution in [2.24, 2.45) is 0 Å². The molecule has 0 unspecified atom stereocenters. The van der Waals surface area contributed by atoms with Crippen molar-refractivity contribution in [3.63, 3.8) is 0 Å². The number of nitrogen functional groups attached to an aromatic ring is 1. The molecule has 28 heavy (non-hydrogen) atoms. The SMILES string of the molecule is COc1ccc(CCNc2ncnc(Nc3ccccc3Cl)c2N)cc1OC. The van der Waals surface area contributed by atoms with Gasteiger partial charge in [-0.3, -0.25) is 0 Å². The molecule has 0 spiro atoms. The first-order valence-electron chi connectivity index (χ1n) is 8.69. The molecular formula is C20H22ClN5O2. The first kappa shape index (κ1) is 19.6. The van der Waals surface area contributed by atoms with Crippen LogP contribution in [0, 0.1) is 0 Å². The van der Waals surface area contributed by atoms with E-state index in [0.717, 1.165) is 17.7 Å². The van der Waals surface area contributed by atoms with E-state index < -0.39 is 0 Å². The third-order valence-electron chi connectivity index (χ3n) is 4.16. The molecule has 146 valence electrons. The molecule has 4 N–H and O–H groups in total. The molecule has 0 amide bonds. The summed E-state index contributed by atoms with van der Waals surface area (Å²) in [7, 11) is 3.24. The molecule has 0 aliphatic heterocycles. The predicted octanol–water partition coefficient (Wildman–Crippen LogP) is 4.13. The number of anilines is 4. The highest BCUT2D eigenvalue weighted by Crippen LogP contribution is 2.30. The van der Waals surface area contributed by atoms with Gasteiger partial charge in [0.1, 0.15) is 12.0 Å². The fraction of sp³-hybridized carbons (Fsp3) is 0.200. The largest absolute Gasteiger partial charge is 0.493 e. The van der Waals surface area contributed by atoms with E-state index in [1.54, 1.807) is 20.3 Å². The van der Waals surface area contributed by atoms with Gasteiger partial charge in [0.05, 0.1) is 24.9 Å². The Morgan fingerprint density at radius 2 is 1.75 bits per heavy atom. The molecule has 2 aromatic carbocycles. The second-order valence-electron chi connectivity index (χ2n) is 5.96. The maximum absolute atomic E-state index is 6.21. The number of hydrogen-bond acceptors (Lipinski definition) is 7. The van der Waals surface area contributed by atoms with Crippen LogP contribution >= 0.6 is 11.6 Å². The standard InChI is InChI=1S/C20H22ClN5O2/c1-27-16-8-7-13(11-17(16)28-2)9-10-23-19-18(22)20(25-12-24-19)26-15-6-4-3-5-14(15)21/h3-8,11-12H,9-10,22H2,1-2H3,(H2,23,24,25,26). The van der Waals surface area contributed by atoms with Crippen molar-refractivity contribution in [1.82, 2.24) is 9.97 Å². The number of nitrogens with zero attached hydrogens (tertiary/aromatic N) is 2. The summed E-state index contributed by atoms with van der Waals surface area (Å²) in [5.41, 5.74) is 8.47. The lowest BCUT2D eigenvalue weighted by Crippen LogP contribution is -2.11. The number of benzene rings is 2. The lowest BCUT2D eigenvalue weighted by atomic mass is 10.1. The van der Waals surface area contributed by atoms with Crippen LogP contribution in [-0.4, -0.2) is 30.7 Å². The van der Waals surface area contributed by atoms with Crippen LogP contribution in [-0.2, 0) is 6.42 Å².